The molecule has 0 aliphatic carbocycles. The van der Waals surface area contributed by atoms with E-state index in [4.69, 9.17) is 20.8 Å². The molecular formula is C23H17ClN2O4. The molecule has 0 saturated carbocycles. The molecule has 0 aliphatic rings. The van der Waals surface area contributed by atoms with E-state index in [0.29, 0.717) is 33.4 Å². The number of rotatable bonds is 6. The number of anilines is 1. The number of nitrogens with one attached hydrogen (secondary N) is 1. The lowest BCUT2D eigenvalue weighted by Crippen LogP contribution is -2.13. The van der Waals surface area contributed by atoms with Gasteiger partial charge in [0.1, 0.15) is 23.2 Å². The van der Waals surface area contributed by atoms with Gasteiger partial charge in [-0.15, -0.1) is 0 Å². The van der Waals surface area contributed by atoms with Crippen LogP contribution in [0.25, 0.3) is 17.4 Å². The number of nitriles is 1. The summed E-state index contributed by atoms with van der Waals surface area (Å²) >= 11 is 6.17. The Balaban J connectivity index is 1.74. The summed E-state index contributed by atoms with van der Waals surface area (Å²) in [4.78, 5) is 24.1. The van der Waals surface area contributed by atoms with Crippen LogP contribution in [0.15, 0.2) is 70.7 Å². The molecule has 0 unspecified atom stereocenters. The van der Waals surface area contributed by atoms with Crippen molar-refractivity contribution in [3.63, 3.8) is 0 Å². The number of halogens is 1. The van der Waals surface area contributed by atoms with Crippen molar-refractivity contribution in [3.05, 3.63) is 82.6 Å². The third kappa shape index (κ3) is 4.96. The zero-order valence-electron chi connectivity index (χ0n) is 16.0. The molecule has 30 heavy (non-hydrogen) atoms. The van der Waals surface area contributed by atoms with E-state index in [9.17, 15) is 14.9 Å². The van der Waals surface area contributed by atoms with Gasteiger partial charge in [0.15, 0.2) is 0 Å². The van der Waals surface area contributed by atoms with Crippen molar-refractivity contribution in [3.8, 4) is 17.4 Å². The topological polar surface area (TPSA) is 92.3 Å². The number of furan rings is 1. The van der Waals surface area contributed by atoms with E-state index in [1.54, 1.807) is 37.3 Å². The maximum absolute atomic E-state index is 12.4. The number of amides is 1. The summed E-state index contributed by atoms with van der Waals surface area (Å²) in [6.45, 7) is 2.00. The third-order valence-electron chi connectivity index (χ3n) is 4.07. The van der Waals surface area contributed by atoms with Crippen LogP contribution < -0.4 is 5.32 Å². The normalized spacial score (nSPS) is 10.9. The van der Waals surface area contributed by atoms with Gasteiger partial charge in [0.05, 0.1) is 17.2 Å². The summed E-state index contributed by atoms with van der Waals surface area (Å²) in [5.74, 6) is -0.175. The van der Waals surface area contributed by atoms with Crippen molar-refractivity contribution in [2.45, 2.75) is 6.92 Å². The van der Waals surface area contributed by atoms with Crippen LogP contribution in [0.3, 0.4) is 0 Å². The Hall–Kier alpha value is -3.82. The molecule has 0 radical (unpaired) electrons. The molecule has 6 nitrogen and oxygen atoms in total. The molecule has 1 heterocycles. The molecule has 0 atom stereocenters. The second-order valence-electron chi connectivity index (χ2n) is 6.10. The molecule has 150 valence electrons. The number of hydrogen-bond donors (Lipinski definition) is 1. The van der Waals surface area contributed by atoms with Crippen LogP contribution in [-0.4, -0.2) is 18.5 Å². The minimum Gasteiger partial charge on any atom is -0.462 e. The summed E-state index contributed by atoms with van der Waals surface area (Å²) in [6.07, 6.45) is 1.35. The molecule has 3 aromatic rings. The van der Waals surface area contributed by atoms with Crippen LogP contribution in [0.2, 0.25) is 5.02 Å². The van der Waals surface area contributed by atoms with Crippen molar-refractivity contribution < 1.29 is 18.7 Å². The lowest BCUT2D eigenvalue weighted by atomic mass is 10.2. The van der Waals surface area contributed by atoms with E-state index in [-0.39, 0.29) is 12.2 Å². The predicted octanol–water partition coefficient (Wildman–Crippen LogP) is 5.32. The van der Waals surface area contributed by atoms with Crippen molar-refractivity contribution in [2.24, 2.45) is 0 Å². The SMILES string of the molecule is CCOC(=O)c1ccc(NC(=O)/C(C#N)=C/c2ccc(-c3ccccc3Cl)o2)cc1. The van der Waals surface area contributed by atoms with Gasteiger partial charge < -0.3 is 14.5 Å². The highest BCUT2D eigenvalue weighted by atomic mass is 35.5. The van der Waals surface area contributed by atoms with Crippen LogP contribution in [0.5, 0.6) is 0 Å². The van der Waals surface area contributed by atoms with Crippen LogP contribution in [0.1, 0.15) is 23.0 Å². The first kappa shape index (κ1) is 20.9. The first-order valence-electron chi connectivity index (χ1n) is 9.07. The maximum Gasteiger partial charge on any atom is 0.338 e. The standard InChI is InChI=1S/C23H17ClN2O4/c1-2-29-23(28)15-7-9-17(10-8-15)26-22(27)16(14-25)13-18-11-12-21(30-18)19-5-3-4-6-20(19)24/h3-13H,2H2,1H3,(H,26,27)/b16-13+. The lowest BCUT2D eigenvalue weighted by molar-refractivity contribution is -0.112. The summed E-state index contributed by atoms with van der Waals surface area (Å²) in [7, 11) is 0. The summed E-state index contributed by atoms with van der Waals surface area (Å²) in [5, 5.41) is 12.5. The maximum atomic E-state index is 12.4. The van der Waals surface area contributed by atoms with E-state index in [2.05, 4.69) is 5.32 Å². The largest absolute Gasteiger partial charge is 0.462 e. The van der Waals surface area contributed by atoms with Crippen LogP contribution in [-0.2, 0) is 9.53 Å². The highest BCUT2D eigenvalue weighted by Gasteiger charge is 2.13. The fourth-order valence-electron chi connectivity index (χ4n) is 2.63. The molecule has 1 amide bonds. The number of ether oxygens (including phenoxy) is 1. The molecule has 1 N–H and O–H groups in total. The van der Waals surface area contributed by atoms with E-state index < -0.39 is 11.9 Å². The van der Waals surface area contributed by atoms with E-state index in [1.165, 1.54) is 18.2 Å². The van der Waals surface area contributed by atoms with Crippen LogP contribution in [0.4, 0.5) is 5.69 Å². The summed E-state index contributed by atoms with van der Waals surface area (Å²) < 4.78 is 10.6. The summed E-state index contributed by atoms with van der Waals surface area (Å²) in [5.41, 5.74) is 1.38. The summed E-state index contributed by atoms with van der Waals surface area (Å²) in [6, 6.07) is 18.6. The van der Waals surface area contributed by atoms with E-state index >= 15 is 0 Å². The lowest BCUT2D eigenvalue weighted by Gasteiger charge is -2.06. The zero-order chi connectivity index (χ0) is 21.5. The number of nitrogens with zero attached hydrogens (tertiary/aromatic N) is 1. The minimum absolute atomic E-state index is 0.135. The van der Waals surface area contributed by atoms with Gasteiger partial charge in [-0.2, -0.15) is 5.26 Å². The number of benzene rings is 2. The Kier molecular flexibility index (Phi) is 6.68. The van der Waals surface area contributed by atoms with Crippen molar-refractivity contribution in [1.29, 1.82) is 5.26 Å². The zero-order valence-corrected chi connectivity index (χ0v) is 16.8. The number of esters is 1. The van der Waals surface area contributed by atoms with Gasteiger partial charge in [0.2, 0.25) is 0 Å². The molecule has 2 aromatic carbocycles. The van der Waals surface area contributed by atoms with Gasteiger partial charge in [0.25, 0.3) is 5.91 Å². The van der Waals surface area contributed by atoms with Gasteiger partial charge >= 0.3 is 5.97 Å². The van der Waals surface area contributed by atoms with Crippen LogP contribution >= 0.6 is 11.6 Å². The van der Waals surface area contributed by atoms with E-state index in [0.717, 1.165) is 0 Å². The molecular weight excluding hydrogens is 404 g/mol. The minimum atomic E-state index is -0.600. The monoisotopic (exact) mass is 420 g/mol. The van der Waals surface area contributed by atoms with E-state index in [1.807, 2.05) is 24.3 Å². The first-order chi connectivity index (χ1) is 14.5. The molecule has 0 bridgehead atoms. The van der Waals surface area contributed by atoms with Crippen molar-refractivity contribution in [1.82, 2.24) is 0 Å². The van der Waals surface area contributed by atoms with Gasteiger partial charge in [-0.1, -0.05) is 23.7 Å². The average molecular weight is 421 g/mol. The Morgan fingerprint density at radius 3 is 2.53 bits per heavy atom. The number of carbonyl (C=O) groups is 2. The Labute approximate surface area is 178 Å². The Morgan fingerprint density at radius 2 is 1.87 bits per heavy atom. The molecule has 0 aliphatic heterocycles. The molecule has 1 aromatic heterocycles. The van der Waals surface area contributed by atoms with Gasteiger partial charge in [0, 0.05) is 17.3 Å². The quantitative estimate of drug-likeness (QED) is 0.331. The number of carbonyl (C=O) groups excluding carboxylic acids is 2. The number of hydrogen-bond acceptors (Lipinski definition) is 5. The van der Waals surface area contributed by atoms with Crippen molar-refractivity contribution >= 4 is 35.2 Å². The average Bonchev–Trinajstić information content (AvgIpc) is 3.21. The van der Waals surface area contributed by atoms with Crippen LogP contribution in [0, 0.1) is 11.3 Å². The second-order valence-corrected chi connectivity index (χ2v) is 6.51. The molecule has 0 saturated heterocycles. The predicted molar refractivity (Wildman–Crippen MR) is 114 cm³/mol. The van der Waals surface area contributed by atoms with Gasteiger partial charge in [-0.3, -0.25) is 4.79 Å². The fourth-order valence-corrected chi connectivity index (χ4v) is 2.86. The molecule has 0 spiro atoms. The Bertz CT molecular complexity index is 1140. The smallest absolute Gasteiger partial charge is 0.338 e. The second kappa shape index (κ2) is 9.59. The first-order valence-corrected chi connectivity index (χ1v) is 9.44. The fraction of sp³-hybridized carbons (Fsp3) is 0.0870. The molecule has 0 fully saturated rings. The van der Waals surface area contributed by atoms with Crippen molar-refractivity contribution in [2.75, 3.05) is 11.9 Å². The highest BCUT2D eigenvalue weighted by molar-refractivity contribution is 6.33. The Morgan fingerprint density at radius 1 is 1.13 bits per heavy atom. The third-order valence-corrected chi connectivity index (χ3v) is 4.40. The molecule has 7 heteroatoms. The van der Waals surface area contributed by atoms with Gasteiger partial charge in [-0.05, 0) is 55.5 Å². The van der Waals surface area contributed by atoms with Gasteiger partial charge in [-0.25, -0.2) is 4.79 Å². The molecule has 3 rings (SSSR count). The highest BCUT2D eigenvalue weighted by Crippen LogP contribution is 2.29.